The largest absolute Gasteiger partial charge is 0.481 e. The van der Waals surface area contributed by atoms with E-state index in [-0.39, 0.29) is 24.5 Å². The Bertz CT molecular complexity index is 729. The molecule has 0 bridgehead atoms. The van der Waals surface area contributed by atoms with Gasteiger partial charge in [0.05, 0.1) is 18.8 Å². The zero-order valence-electron chi connectivity index (χ0n) is 17.7. The zero-order valence-corrected chi connectivity index (χ0v) is 17.7. The van der Waals surface area contributed by atoms with Crippen LogP contribution in [-0.4, -0.2) is 85.7 Å². The maximum atomic E-state index is 12.3. The van der Waals surface area contributed by atoms with E-state index in [1.807, 2.05) is 4.90 Å². The van der Waals surface area contributed by atoms with E-state index in [4.69, 9.17) is 9.47 Å². The fraction of sp³-hybridized carbons (Fsp3) is 0.682. The van der Waals surface area contributed by atoms with Crippen LogP contribution in [0.25, 0.3) is 0 Å². The molecule has 3 fully saturated rings. The minimum Gasteiger partial charge on any atom is -0.481 e. The zero-order chi connectivity index (χ0) is 20.9. The van der Waals surface area contributed by atoms with E-state index in [2.05, 4.69) is 15.2 Å². The molecule has 1 N–H and O–H groups in total. The van der Waals surface area contributed by atoms with Gasteiger partial charge in [0, 0.05) is 38.4 Å². The number of likely N-dealkylation sites (tertiary alicyclic amines) is 1. The standard InChI is InChI=1S/C22H32N4O4/c1-29-20-5-4-18(10-23-20)22(28)24-11-19-14-26(21(27)15-30-19)13-17-6-8-25(9-7-17)12-16-2-3-16/h4-5,10,16-17,19H,2-3,6-9,11-15H2,1H3,(H,24,28)/t19-/m1/s1. The molecule has 1 aromatic rings. The van der Waals surface area contributed by atoms with E-state index >= 15 is 0 Å². The maximum absolute atomic E-state index is 12.3. The van der Waals surface area contributed by atoms with Gasteiger partial charge >= 0.3 is 0 Å². The molecule has 2 amide bonds. The van der Waals surface area contributed by atoms with Gasteiger partial charge in [0.2, 0.25) is 11.8 Å². The van der Waals surface area contributed by atoms with E-state index in [0.717, 1.165) is 38.4 Å². The molecule has 0 radical (unpaired) electrons. The summed E-state index contributed by atoms with van der Waals surface area (Å²) in [7, 11) is 1.53. The van der Waals surface area contributed by atoms with Crippen molar-refractivity contribution in [3.05, 3.63) is 23.9 Å². The summed E-state index contributed by atoms with van der Waals surface area (Å²) >= 11 is 0. The average molecular weight is 417 g/mol. The molecule has 1 aromatic heterocycles. The van der Waals surface area contributed by atoms with Crippen molar-refractivity contribution in [1.29, 1.82) is 0 Å². The first-order valence-corrected chi connectivity index (χ1v) is 11.0. The van der Waals surface area contributed by atoms with Crippen LogP contribution in [0.5, 0.6) is 5.88 Å². The van der Waals surface area contributed by atoms with E-state index in [1.165, 1.54) is 32.7 Å². The van der Waals surface area contributed by atoms with Crippen molar-refractivity contribution in [3.63, 3.8) is 0 Å². The van der Waals surface area contributed by atoms with Gasteiger partial charge in [0.15, 0.2) is 0 Å². The Balaban J connectivity index is 1.21. The minimum atomic E-state index is -0.208. The van der Waals surface area contributed by atoms with Gasteiger partial charge in [-0.25, -0.2) is 4.98 Å². The van der Waals surface area contributed by atoms with Gasteiger partial charge in [0.25, 0.3) is 5.91 Å². The van der Waals surface area contributed by atoms with E-state index in [9.17, 15) is 9.59 Å². The van der Waals surface area contributed by atoms with E-state index < -0.39 is 0 Å². The van der Waals surface area contributed by atoms with Gasteiger partial charge in [-0.05, 0) is 56.7 Å². The summed E-state index contributed by atoms with van der Waals surface area (Å²) in [5.41, 5.74) is 0.470. The molecule has 8 nitrogen and oxygen atoms in total. The summed E-state index contributed by atoms with van der Waals surface area (Å²) < 4.78 is 10.7. The molecule has 1 aliphatic carbocycles. The van der Waals surface area contributed by atoms with Crippen molar-refractivity contribution in [2.24, 2.45) is 11.8 Å². The molecule has 2 aliphatic heterocycles. The van der Waals surface area contributed by atoms with Crippen molar-refractivity contribution in [2.75, 3.05) is 53.0 Å². The van der Waals surface area contributed by atoms with Crippen LogP contribution < -0.4 is 10.1 Å². The second kappa shape index (κ2) is 9.75. The number of hydrogen-bond donors (Lipinski definition) is 1. The van der Waals surface area contributed by atoms with Crippen LogP contribution in [0.15, 0.2) is 18.3 Å². The SMILES string of the molecule is COc1ccc(C(=O)NC[C@@H]2CN(CC3CCN(CC4CC4)CC3)C(=O)CO2)cn1. The molecule has 0 spiro atoms. The average Bonchev–Trinajstić information content (AvgIpc) is 3.59. The van der Waals surface area contributed by atoms with Crippen LogP contribution in [-0.2, 0) is 9.53 Å². The molecule has 8 heteroatoms. The number of aromatic nitrogens is 1. The highest BCUT2D eigenvalue weighted by Crippen LogP contribution is 2.31. The van der Waals surface area contributed by atoms with Crippen LogP contribution in [0.2, 0.25) is 0 Å². The minimum absolute atomic E-state index is 0.0531. The molecule has 164 valence electrons. The summed E-state index contributed by atoms with van der Waals surface area (Å²) in [6, 6.07) is 3.33. The molecule has 3 heterocycles. The molecule has 4 rings (SSSR count). The van der Waals surface area contributed by atoms with Crippen LogP contribution in [0.3, 0.4) is 0 Å². The van der Waals surface area contributed by atoms with Gasteiger partial charge in [0.1, 0.15) is 6.61 Å². The Kier molecular flexibility index (Phi) is 6.84. The third kappa shape index (κ3) is 5.70. The number of rotatable bonds is 8. The second-order valence-electron chi connectivity index (χ2n) is 8.72. The highest BCUT2D eigenvalue weighted by molar-refractivity contribution is 5.93. The predicted octanol–water partition coefficient (Wildman–Crippen LogP) is 1.17. The topological polar surface area (TPSA) is 84.0 Å². The number of amides is 2. The first-order chi connectivity index (χ1) is 14.6. The highest BCUT2D eigenvalue weighted by Gasteiger charge is 2.31. The monoisotopic (exact) mass is 416 g/mol. The van der Waals surface area contributed by atoms with Crippen molar-refractivity contribution in [3.8, 4) is 5.88 Å². The Morgan fingerprint density at radius 3 is 2.63 bits per heavy atom. The third-order valence-electron chi connectivity index (χ3n) is 6.32. The number of ether oxygens (including phenoxy) is 2. The molecule has 1 saturated carbocycles. The molecular formula is C22H32N4O4. The number of carbonyl (C=O) groups is 2. The molecule has 0 unspecified atom stereocenters. The fourth-order valence-electron chi connectivity index (χ4n) is 4.25. The van der Waals surface area contributed by atoms with Crippen LogP contribution in [0.4, 0.5) is 0 Å². The number of carbonyl (C=O) groups excluding carboxylic acids is 2. The molecule has 2 saturated heterocycles. The number of hydrogen-bond acceptors (Lipinski definition) is 6. The van der Waals surface area contributed by atoms with Gasteiger partial charge in [-0.3, -0.25) is 9.59 Å². The lowest BCUT2D eigenvalue weighted by Gasteiger charge is -2.38. The fourth-order valence-corrected chi connectivity index (χ4v) is 4.25. The lowest BCUT2D eigenvalue weighted by molar-refractivity contribution is -0.149. The lowest BCUT2D eigenvalue weighted by atomic mass is 9.95. The number of nitrogens with zero attached hydrogens (tertiary/aromatic N) is 3. The van der Waals surface area contributed by atoms with Crippen molar-refractivity contribution in [2.45, 2.75) is 31.8 Å². The number of pyridine rings is 1. The Morgan fingerprint density at radius 2 is 1.97 bits per heavy atom. The van der Waals surface area contributed by atoms with Gasteiger partial charge in [-0.1, -0.05) is 0 Å². The van der Waals surface area contributed by atoms with Gasteiger partial charge < -0.3 is 24.6 Å². The second-order valence-corrected chi connectivity index (χ2v) is 8.72. The lowest BCUT2D eigenvalue weighted by Crippen LogP contribution is -2.52. The Labute approximate surface area is 177 Å². The van der Waals surface area contributed by atoms with Crippen LogP contribution >= 0.6 is 0 Å². The third-order valence-corrected chi connectivity index (χ3v) is 6.32. The van der Waals surface area contributed by atoms with Crippen molar-refractivity contribution in [1.82, 2.24) is 20.1 Å². The summed E-state index contributed by atoms with van der Waals surface area (Å²) in [4.78, 5) is 33.2. The molecule has 1 atom stereocenters. The van der Waals surface area contributed by atoms with E-state index in [0.29, 0.717) is 30.5 Å². The number of nitrogens with one attached hydrogen (secondary N) is 1. The summed E-state index contributed by atoms with van der Waals surface area (Å²) in [6.45, 7) is 5.34. The van der Waals surface area contributed by atoms with Crippen molar-refractivity contribution < 1.29 is 19.1 Å². The van der Waals surface area contributed by atoms with Crippen LogP contribution in [0, 0.1) is 11.8 Å². The molecule has 3 aliphatic rings. The first-order valence-electron chi connectivity index (χ1n) is 11.0. The van der Waals surface area contributed by atoms with E-state index in [1.54, 1.807) is 12.1 Å². The number of morpholine rings is 1. The summed E-state index contributed by atoms with van der Waals surface area (Å²) in [5, 5.41) is 2.89. The highest BCUT2D eigenvalue weighted by atomic mass is 16.5. The molecule has 30 heavy (non-hydrogen) atoms. The van der Waals surface area contributed by atoms with Gasteiger partial charge in [-0.2, -0.15) is 0 Å². The Morgan fingerprint density at radius 1 is 1.20 bits per heavy atom. The van der Waals surface area contributed by atoms with Gasteiger partial charge in [-0.15, -0.1) is 0 Å². The quantitative estimate of drug-likeness (QED) is 0.685. The van der Waals surface area contributed by atoms with Crippen LogP contribution in [0.1, 0.15) is 36.0 Å². The first kappa shape index (κ1) is 21.1. The summed E-state index contributed by atoms with van der Waals surface area (Å²) in [6.07, 6.45) is 6.41. The smallest absolute Gasteiger partial charge is 0.252 e. The molecular weight excluding hydrogens is 384 g/mol. The normalized spacial score (nSPS) is 23.4. The number of piperidine rings is 1. The Hall–Kier alpha value is -2.19. The number of methoxy groups -OCH3 is 1. The maximum Gasteiger partial charge on any atom is 0.252 e. The molecule has 0 aromatic carbocycles. The predicted molar refractivity (Wildman–Crippen MR) is 111 cm³/mol. The van der Waals surface area contributed by atoms with Crippen molar-refractivity contribution >= 4 is 11.8 Å². The summed E-state index contributed by atoms with van der Waals surface area (Å²) in [5.74, 6) is 1.81.